The predicted octanol–water partition coefficient (Wildman–Crippen LogP) is 1.93. The molecule has 0 aliphatic heterocycles. The van der Waals surface area contributed by atoms with Crippen molar-refractivity contribution in [3.63, 3.8) is 0 Å². The molecule has 0 amide bonds. The van der Waals surface area contributed by atoms with E-state index < -0.39 is 5.54 Å². The molecule has 1 aliphatic rings. The van der Waals surface area contributed by atoms with Crippen LogP contribution in [0.2, 0.25) is 0 Å². The monoisotopic (exact) mass is 235 g/mol. The minimum Gasteiger partial charge on any atom is -0.319 e. The Bertz CT molecular complexity index is 470. The fraction of sp³-hybridized carbons (Fsp3) is 0.692. The molecule has 1 heterocycles. The van der Waals surface area contributed by atoms with Crippen molar-refractivity contribution < 1.29 is 0 Å². The predicted molar refractivity (Wildman–Crippen MR) is 68.0 cm³/mol. The highest BCUT2D eigenvalue weighted by atomic mass is 16.1. The summed E-state index contributed by atoms with van der Waals surface area (Å²) in [6, 6.07) is 0. The number of nitrogens with two attached hydrogens (primary N) is 1. The number of H-pyrrole nitrogens is 1. The Hall–Kier alpha value is -1.16. The minimum absolute atomic E-state index is 0.0285. The lowest BCUT2D eigenvalue weighted by molar-refractivity contribution is 0.427. The highest BCUT2D eigenvalue weighted by Gasteiger charge is 2.34. The first-order valence-corrected chi connectivity index (χ1v) is 6.34. The van der Waals surface area contributed by atoms with Gasteiger partial charge in [-0.25, -0.2) is 4.98 Å². The maximum atomic E-state index is 12.1. The SMILES string of the molecule is Cc1nc(C2(N)CCCC2)[nH]c(=O)c1C(C)C. The number of nitrogens with one attached hydrogen (secondary N) is 1. The molecule has 0 aromatic carbocycles. The number of hydrogen-bond donors (Lipinski definition) is 2. The molecule has 1 aromatic heterocycles. The standard InChI is InChI=1S/C13H21N3O/c1-8(2)10-9(3)15-12(16-11(10)17)13(14)6-4-5-7-13/h8H,4-7,14H2,1-3H3,(H,15,16,17). The van der Waals surface area contributed by atoms with Gasteiger partial charge in [0.1, 0.15) is 5.82 Å². The van der Waals surface area contributed by atoms with Gasteiger partial charge >= 0.3 is 0 Å². The molecule has 4 nitrogen and oxygen atoms in total. The van der Waals surface area contributed by atoms with Crippen molar-refractivity contribution in [3.8, 4) is 0 Å². The summed E-state index contributed by atoms with van der Waals surface area (Å²) in [4.78, 5) is 19.5. The molecule has 0 saturated heterocycles. The van der Waals surface area contributed by atoms with Gasteiger partial charge in [-0.15, -0.1) is 0 Å². The zero-order valence-electron chi connectivity index (χ0n) is 10.8. The molecule has 4 heteroatoms. The second kappa shape index (κ2) is 4.26. The third kappa shape index (κ3) is 2.14. The Kier molecular flexibility index (Phi) is 3.08. The number of aromatic nitrogens is 2. The lowest BCUT2D eigenvalue weighted by Gasteiger charge is -2.23. The highest BCUT2D eigenvalue weighted by Crippen LogP contribution is 2.34. The van der Waals surface area contributed by atoms with Crippen molar-refractivity contribution in [1.82, 2.24) is 9.97 Å². The first-order chi connectivity index (χ1) is 7.94. The molecule has 0 unspecified atom stereocenters. The van der Waals surface area contributed by atoms with E-state index in [1.54, 1.807) is 0 Å². The van der Waals surface area contributed by atoms with E-state index in [4.69, 9.17) is 5.73 Å². The number of aryl methyl sites for hydroxylation is 1. The zero-order chi connectivity index (χ0) is 12.6. The molecule has 0 spiro atoms. The maximum absolute atomic E-state index is 12.1. The second-order valence-corrected chi connectivity index (χ2v) is 5.43. The van der Waals surface area contributed by atoms with E-state index in [1.165, 1.54) is 0 Å². The number of rotatable bonds is 2. The number of nitrogens with zero attached hydrogens (tertiary/aromatic N) is 1. The van der Waals surface area contributed by atoms with Crippen molar-refractivity contribution in [3.05, 3.63) is 27.4 Å². The van der Waals surface area contributed by atoms with Gasteiger partial charge in [0.05, 0.1) is 5.54 Å². The molecule has 2 rings (SSSR count). The van der Waals surface area contributed by atoms with Crippen LogP contribution in [0.4, 0.5) is 0 Å². The Morgan fingerprint density at radius 1 is 1.35 bits per heavy atom. The quantitative estimate of drug-likeness (QED) is 0.822. The Labute approximate surface area is 102 Å². The highest BCUT2D eigenvalue weighted by molar-refractivity contribution is 5.22. The number of aromatic amines is 1. The van der Waals surface area contributed by atoms with Gasteiger partial charge in [-0.3, -0.25) is 4.79 Å². The average Bonchev–Trinajstić information content (AvgIpc) is 2.64. The summed E-state index contributed by atoms with van der Waals surface area (Å²) in [5.41, 5.74) is 7.45. The molecule has 1 fully saturated rings. The lowest BCUT2D eigenvalue weighted by atomic mass is 9.97. The van der Waals surface area contributed by atoms with Crippen LogP contribution in [0.25, 0.3) is 0 Å². The minimum atomic E-state index is -0.417. The molecule has 1 aromatic rings. The van der Waals surface area contributed by atoms with Crippen LogP contribution in [0.3, 0.4) is 0 Å². The topological polar surface area (TPSA) is 71.8 Å². The van der Waals surface area contributed by atoms with Gasteiger partial charge in [-0.1, -0.05) is 26.7 Å². The van der Waals surface area contributed by atoms with E-state index in [9.17, 15) is 4.79 Å². The second-order valence-electron chi connectivity index (χ2n) is 5.43. The fourth-order valence-electron chi connectivity index (χ4n) is 2.75. The van der Waals surface area contributed by atoms with Gasteiger partial charge < -0.3 is 10.7 Å². The van der Waals surface area contributed by atoms with E-state index >= 15 is 0 Å². The molecule has 1 saturated carbocycles. The van der Waals surface area contributed by atoms with E-state index in [-0.39, 0.29) is 11.5 Å². The van der Waals surface area contributed by atoms with Gasteiger partial charge in [0.15, 0.2) is 0 Å². The van der Waals surface area contributed by atoms with Crippen LogP contribution in [0.15, 0.2) is 4.79 Å². The van der Waals surface area contributed by atoms with Crippen LogP contribution in [0.5, 0.6) is 0 Å². The van der Waals surface area contributed by atoms with Crippen LogP contribution in [0, 0.1) is 6.92 Å². The Morgan fingerprint density at radius 3 is 2.41 bits per heavy atom. The summed E-state index contributed by atoms with van der Waals surface area (Å²) in [6.07, 6.45) is 4.06. The Balaban J connectivity index is 2.49. The van der Waals surface area contributed by atoms with Gasteiger partial charge in [0.2, 0.25) is 0 Å². The van der Waals surface area contributed by atoms with Gasteiger partial charge in [0, 0.05) is 11.3 Å². The average molecular weight is 235 g/mol. The molecule has 0 atom stereocenters. The van der Waals surface area contributed by atoms with E-state index in [1.807, 2.05) is 20.8 Å². The molecule has 0 radical (unpaired) electrons. The molecule has 0 bridgehead atoms. The summed E-state index contributed by atoms with van der Waals surface area (Å²) in [6.45, 7) is 5.91. The van der Waals surface area contributed by atoms with E-state index in [2.05, 4.69) is 9.97 Å². The molecular weight excluding hydrogens is 214 g/mol. The van der Waals surface area contributed by atoms with Crippen molar-refractivity contribution >= 4 is 0 Å². The third-order valence-electron chi connectivity index (χ3n) is 3.69. The van der Waals surface area contributed by atoms with Crippen LogP contribution in [-0.2, 0) is 5.54 Å². The van der Waals surface area contributed by atoms with Crippen molar-refractivity contribution in [2.24, 2.45) is 5.73 Å². The van der Waals surface area contributed by atoms with E-state index in [0.717, 1.165) is 36.9 Å². The van der Waals surface area contributed by atoms with E-state index in [0.29, 0.717) is 5.82 Å². The van der Waals surface area contributed by atoms with Crippen LogP contribution in [0.1, 0.15) is 62.5 Å². The molecule has 17 heavy (non-hydrogen) atoms. The van der Waals surface area contributed by atoms with Gasteiger partial charge in [-0.05, 0) is 25.7 Å². The number of hydrogen-bond acceptors (Lipinski definition) is 3. The van der Waals surface area contributed by atoms with Crippen molar-refractivity contribution in [1.29, 1.82) is 0 Å². The normalized spacial score (nSPS) is 18.9. The maximum Gasteiger partial charge on any atom is 0.254 e. The van der Waals surface area contributed by atoms with Crippen LogP contribution in [-0.4, -0.2) is 9.97 Å². The zero-order valence-corrected chi connectivity index (χ0v) is 10.8. The van der Waals surface area contributed by atoms with Crippen LogP contribution < -0.4 is 11.3 Å². The van der Waals surface area contributed by atoms with Crippen LogP contribution >= 0.6 is 0 Å². The van der Waals surface area contributed by atoms with Crippen molar-refractivity contribution in [2.75, 3.05) is 0 Å². The largest absolute Gasteiger partial charge is 0.319 e. The summed E-state index contributed by atoms with van der Waals surface area (Å²) in [5.74, 6) is 0.861. The molecule has 94 valence electrons. The molecule has 3 N–H and O–H groups in total. The smallest absolute Gasteiger partial charge is 0.254 e. The summed E-state index contributed by atoms with van der Waals surface area (Å²) in [5, 5.41) is 0. The first kappa shape index (κ1) is 12.3. The molecular formula is C13H21N3O. The fourth-order valence-corrected chi connectivity index (χ4v) is 2.75. The Morgan fingerprint density at radius 2 is 1.94 bits per heavy atom. The summed E-state index contributed by atoms with van der Waals surface area (Å²) >= 11 is 0. The molecule has 1 aliphatic carbocycles. The first-order valence-electron chi connectivity index (χ1n) is 6.34. The third-order valence-corrected chi connectivity index (χ3v) is 3.69. The lowest BCUT2D eigenvalue weighted by Crippen LogP contribution is -2.38. The van der Waals surface area contributed by atoms with Gasteiger partial charge in [0.25, 0.3) is 5.56 Å². The van der Waals surface area contributed by atoms with Gasteiger partial charge in [-0.2, -0.15) is 0 Å². The summed E-state index contributed by atoms with van der Waals surface area (Å²) in [7, 11) is 0. The van der Waals surface area contributed by atoms with Crippen molar-refractivity contribution in [2.45, 2.75) is 57.9 Å². The summed E-state index contributed by atoms with van der Waals surface area (Å²) < 4.78 is 0.